The van der Waals surface area contributed by atoms with Crippen molar-refractivity contribution in [3.05, 3.63) is 29.8 Å². The number of carbonyl (C=O) groups excluding carboxylic acids is 1. The Balaban J connectivity index is 2.68. The van der Waals surface area contributed by atoms with Gasteiger partial charge in [-0.25, -0.2) is 4.79 Å². The van der Waals surface area contributed by atoms with Gasteiger partial charge < -0.3 is 15.3 Å². The second-order valence-electron chi connectivity index (χ2n) is 4.62. The van der Waals surface area contributed by atoms with Gasteiger partial charge in [0.15, 0.2) is 0 Å². The number of carbonyl (C=O) groups is 2. The van der Waals surface area contributed by atoms with E-state index in [1.165, 1.54) is 0 Å². The molecule has 2 N–H and O–H groups in total. The van der Waals surface area contributed by atoms with Crippen molar-refractivity contribution in [2.45, 2.75) is 19.4 Å². The Labute approximate surface area is 123 Å². The van der Waals surface area contributed by atoms with Crippen molar-refractivity contribution in [1.29, 1.82) is 0 Å². The topological polar surface area (TPSA) is 69.6 Å². The highest BCUT2D eigenvalue weighted by atomic mass is 32.2. The van der Waals surface area contributed by atoms with Crippen LogP contribution in [-0.2, 0) is 11.2 Å². The first-order valence-corrected chi connectivity index (χ1v) is 7.67. The lowest BCUT2D eigenvalue weighted by Gasteiger charge is -2.24. The molecular formula is C14H20N2O3S. The molecule has 1 aromatic rings. The molecule has 0 radical (unpaired) electrons. The van der Waals surface area contributed by atoms with Crippen LogP contribution in [0.4, 0.5) is 10.5 Å². The van der Waals surface area contributed by atoms with E-state index in [1.54, 1.807) is 48.0 Å². The first kappa shape index (κ1) is 16.4. The lowest BCUT2D eigenvalue weighted by atomic mass is 10.1. The van der Waals surface area contributed by atoms with Crippen LogP contribution in [0.2, 0.25) is 0 Å². The van der Waals surface area contributed by atoms with Crippen molar-refractivity contribution in [1.82, 2.24) is 4.90 Å². The van der Waals surface area contributed by atoms with Crippen LogP contribution in [0.3, 0.4) is 0 Å². The number of hydrogen-bond donors (Lipinski definition) is 2. The van der Waals surface area contributed by atoms with Gasteiger partial charge in [0.2, 0.25) is 0 Å². The molecule has 0 heterocycles. The second kappa shape index (κ2) is 7.79. The number of carboxylic acid groups (broad SMARTS) is 1. The van der Waals surface area contributed by atoms with Gasteiger partial charge in [0, 0.05) is 24.5 Å². The summed E-state index contributed by atoms with van der Waals surface area (Å²) in [6.45, 7) is 1.98. The molecule has 0 aliphatic rings. The van der Waals surface area contributed by atoms with Gasteiger partial charge in [0.05, 0.1) is 6.42 Å². The molecule has 2 amide bonds. The molecule has 0 aliphatic carbocycles. The molecular weight excluding hydrogens is 276 g/mol. The third kappa shape index (κ3) is 5.13. The van der Waals surface area contributed by atoms with Crippen molar-refractivity contribution in [2.24, 2.45) is 0 Å². The molecule has 0 aromatic heterocycles. The predicted molar refractivity (Wildman–Crippen MR) is 82.4 cm³/mol. The Kier molecular flexibility index (Phi) is 6.38. The smallest absolute Gasteiger partial charge is 0.321 e. The van der Waals surface area contributed by atoms with Crippen molar-refractivity contribution in [3.8, 4) is 0 Å². The number of hydrogen-bond acceptors (Lipinski definition) is 3. The molecule has 0 spiro atoms. The predicted octanol–water partition coefficient (Wildman–Crippen LogP) is 2.53. The van der Waals surface area contributed by atoms with Crippen LogP contribution in [0, 0.1) is 0 Å². The molecule has 20 heavy (non-hydrogen) atoms. The summed E-state index contributed by atoms with van der Waals surface area (Å²) in [6.07, 6.45) is 1.94. The van der Waals surface area contributed by atoms with Gasteiger partial charge in [-0.3, -0.25) is 4.79 Å². The Bertz CT molecular complexity index is 479. The highest BCUT2D eigenvalue weighted by Gasteiger charge is 2.15. The summed E-state index contributed by atoms with van der Waals surface area (Å²) in [5.41, 5.74) is 1.27. The van der Waals surface area contributed by atoms with Gasteiger partial charge in [0.25, 0.3) is 0 Å². The van der Waals surface area contributed by atoms with Gasteiger partial charge >= 0.3 is 12.0 Å². The molecule has 1 atom stereocenters. The zero-order valence-corrected chi connectivity index (χ0v) is 12.7. The monoisotopic (exact) mass is 296 g/mol. The average Bonchev–Trinajstić information content (AvgIpc) is 2.37. The Morgan fingerprint density at radius 1 is 1.45 bits per heavy atom. The Hall–Kier alpha value is -1.69. The number of rotatable bonds is 6. The van der Waals surface area contributed by atoms with E-state index >= 15 is 0 Å². The van der Waals surface area contributed by atoms with E-state index in [2.05, 4.69) is 5.32 Å². The Morgan fingerprint density at radius 2 is 2.15 bits per heavy atom. The van der Waals surface area contributed by atoms with Crippen LogP contribution in [-0.4, -0.2) is 47.1 Å². The van der Waals surface area contributed by atoms with E-state index in [9.17, 15) is 9.59 Å². The summed E-state index contributed by atoms with van der Waals surface area (Å²) < 4.78 is 0. The number of nitrogens with one attached hydrogen (secondary N) is 1. The minimum Gasteiger partial charge on any atom is -0.481 e. The molecule has 1 unspecified atom stereocenters. The van der Waals surface area contributed by atoms with Crippen LogP contribution < -0.4 is 5.32 Å². The molecule has 0 fully saturated rings. The van der Waals surface area contributed by atoms with E-state index in [0.29, 0.717) is 11.3 Å². The highest BCUT2D eigenvalue weighted by Crippen LogP contribution is 2.13. The summed E-state index contributed by atoms with van der Waals surface area (Å²) in [4.78, 5) is 24.4. The van der Waals surface area contributed by atoms with Crippen LogP contribution in [0.25, 0.3) is 0 Å². The fourth-order valence-electron chi connectivity index (χ4n) is 1.70. The van der Waals surface area contributed by atoms with E-state index in [0.717, 1.165) is 5.75 Å². The van der Waals surface area contributed by atoms with E-state index in [4.69, 9.17) is 5.11 Å². The lowest BCUT2D eigenvalue weighted by Crippen LogP contribution is -2.39. The average molecular weight is 296 g/mol. The number of amides is 2. The number of urea groups is 1. The normalized spacial score (nSPS) is 11.8. The number of carboxylic acids is 1. The molecule has 0 saturated carbocycles. The fourth-order valence-corrected chi connectivity index (χ4v) is 2.40. The maximum atomic E-state index is 12.1. The molecule has 110 valence electrons. The minimum atomic E-state index is -0.890. The molecule has 1 aromatic carbocycles. The molecule has 0 aliphatic heterocycles. The van der Waals surface area contributed by atoms with Crippen LogP contribution in [0.5, 0.6) is 0 Å². The van der Waals surface area contributed by atoms with Crippen LogP contribution >= 0.6 is 11.8 Å². The van der Waals surface area contributed by atoms with Crippen molar-refractivity contribution >= 4 is 29.4 Å². The molecule has 6 heteroatoms. The number of nitrogens with zero attached hydrogens (tertiary/aromatic N) is 1. The third-order valence-electron chi connectivity index (χ3n) is 2.92. The van der Waals surface area contributed by atoms with Crippen LogP contribution in [0.15, 0.2) is 24.3 Å². The molecule has 0 saturated heterocycles. The quantitative estimate of drug-likeness (QED) is 0.846. The van der Waals surface area contributed by atoms with E-state index in [1.807, 2.05) is 13.2 Å². The van der Waals surface area contributed by atoms with Gasteiger partial charge in [0.1, 0.15) is 0 Å². The van der Waals surface area contributed by atoms with Crippen molar-refractivity contribution in [2.75, 3.05) is 24.4 Å². The number of thioether (sulfide) groups is 1. The van der Waals surface area contributed by atoms with Crippen molar-refractivity contribution in [3.63, 3.8) is 0 Å². The standard InChI is InChI=1S/C14H20N2O3S/c1-10(9-20-3)16(2)14(19)15-12-6-4-5-11(7-12)8-13(17)18/h4-7,10H,8-9H2,1-3H3,(H,15,19)(H,17,18). The second-order valence-corrected chi connectivity index (χ2v) is 5.53. The number of anilines is 1. The summed E-state index contributed by atoms with van der Waals surface area (Å²) >= 11 is 1.68. The summed E-state index contributed by atoms with van der Waals surface area (Å²) in [7, 11) is 1.75. The fraction of sp³-hybridized carbons (Fsp3) is 0.429. The van der Waals surface area contributed by atoms with Gasteiger partial charge in [-0.15, -0.1) is 0 Å². The summed E-state index contributed by atoms with van der Waals surface area (Å²) in [6, 6.07) is 6.82. The zero-order valence-electron chi connectivity index (χ0n) is 11.9. The third-order valence-corrected chi connectivity index (χ3v) is 3.74. The summed E-state index contributed by atoms with van der Waals surface area (Å²) in [5, 5.41) is 11.5. The Morgan fingerprint density at radius 3 is 2.75 bits per heavy atom. The first-order chi connectivity index (χ1) is 9.43. The largest absolute Gasteiger partial charge is 0.481 e. The maximum Gasteiger partial charge on any atom is 0.321 e. The lowest BCUT2D eigenvalue weighted by molar-refractivity contribution is -0.136. The number of aliphatic carboxylic acids is 1. The maximum absolute atomic E-state index is 12.1. The van der Waals surface area contributed by atoms with Gasteiger partial charge in [-0.2, -0.15) is 11.8 Å². The SMILES string of the molecule is CSCC(C)N(C)C(=O)Nc1cccc(CC(=O)O)c1. The summed E-state index contributed by atoms with van der Waals surface area (Å²) in [5.74, 6) is -0.0256. The van der Waals surface area contributed by atoms with E-state index in [-0.39, 0.29) is 18.5 Å². The number of benzene rings is 1. The molecule has 1 rings (SSSR count). The van der Waals surface area contributed by atoms with Crippen molar-refractivity contribution < 1.29 is 14.7 Å². The minimum absolute atomic E-state index is 0.0531. The van der Waals surface area contributed by atoms with Gasteiger partial charge in [-0.1, -0.05) is 12.1 Å². The zero-order chi connectivity index (χ0) is 15.1. The highest BCUT2D eigenvalue weighted by molar-refractivity contribution is 7.98. The molecule has 5 nitrogen and oxygen atoms in total. The first-order valence-electron chi connectivity index (χ1n) is 6.27. The van der Waals surface area contributed by atoms with Gasteiger partial charge in [-0.05, 0) is 30.9 Å². The van der Waals surface area contributed by atoms with Crippen LogP contribution in [0.1, 0.15) is 12.5 Å². The van der Waals surface area contributed by atoms with E-state index < -0.39 is 5.97 Å². The molecule has 0 bridgehead atoms.